The molecule has 3 aromatic carbocycles. The van der Waals surface area contributed by atoms with Crippen molar-refractivity contribution in [3.8, 4) is 16.9 Å². The maximum absolute atomic E-state index is 13.2. The number of phenols is 1. The second-order valence-corrected chi connectivity index (χ2v) is 8.19. The summed E-state index contributed by atoms with van der Waals surface area (Å²) >= 11 is 0. The highest BCUT2D eigenvalue weighted by Crippen LogP contribution is 2.38. The summed E-state index contributed by atoms with van der Waals surface area (Å²) in [4.78, 5) is 15.5. The normalized spacial score (nSPS) is 17.9. The number of aromatic hydroxyl groups is 1. The summed E-state index contributed by atoms with van der Waals surface area (Å²) in [6, 6.07) is 21.4. The number of anilines is 2. The molecule has 1 amide bonds. The first-order valence-electron chi connectivity index (χ1n) is 10.9. The van der Waals surface area contributed by atoms with E-state index in [0.29, 0.717) is 6.61 Å². The molecule has 2 aliphatic heterocycles. The first-order chi connectivity index (χ1) is 15.2. The molecule has 31 heavy (non-hydrogen) atoms. The van der Waals surface area contributed by atoms with Gasteiger partial charge in [0.15, 0.2) is 0 Å². The van der Waals surface area contributed by atoms with Gasteiger partial charge in [0.25, 0.3) is 5.91 Å². The summed E-state index contributed by atoms with van der Waals surface area (Å²) < 4.78 is 5.48. The highest BCUT2D eigenvalue weighted by atomic mass is 16.6. The van der Waals surface area contributed by atoms with Crippen molar-refractivity contribution in [3.05, 3.63) is 77.9 Å². The summed E-state index contributed by atoms with van der Waals surface area (Å²) in [6.07, 6.45) is 3.55. The van der Waals surface area contributed by atoms with Crippen LogP contribution in [0.5, 0.6) is 5.75 Å². The lowest BCUT2D eigenvalue weighted by Crippen LogP contribution is -2.29. The van der Waals surface area contributed by atoms with Gasteiger partial charge in [-0.15, -0.1) is 0 Å². The molecule has 0 saturated carbocycles. The van der Waals surface area contributed by atoms with Gasteiger partial charge in [-0.25, -0.2) is 0 Å². The van der Waals surface area contributed by atoms with Crippen LogP contribution in [0.4, 0.5) is 11.4 Å². The molecule has 0 spiro atoms. The Hall–Kier alpha value is -3.31. The van der Waals surface area contributed by atoms with Crippen LogP contribution in [-0.2, 0) is 4.74 Å². The topological polar surface area (TPSA) is 65.1 Å². The summed E-state index contributed by atoms with van der Waals surface area (Å²) in [6.45, 7) is 2.62. The van der Waals surface area contributed by atoms with Gasteiger partial charge in [-0.1, -0.05) is 42.5 Å². The van der Waals surface area contributed by atoms with Gasteiger partial charge in [0.05, 0.1) is 12.2 Å². The number of epoxide rings is 1. The van der Waals surface area contributed by atoms with E-state index in [-0.39, 0.29) is 23.3 Å². The zero-order chi connectivity index (χ0) is 21.2. The maximum Gasteiger partial charge on any atom is 0.259 e. The predicted octanol–water partition coefficient (Wildman–Crippen LogP) is 5.37. The molecule has 0 aliphatic carbocycles. The number of hydrogen-bond donors (Lipinski definition) is 2. The predicted molar refractivity (Wildman–Crippen MR) is 123 cm³/mol. The van der Waals surface area contributed by atoms with Gasteiger partial charge >= 0.3 is 0 Å². The Morgan fingerprint density at radius 3 is 2.45 bits per heavy atom. The Morgan fingerprint density at radius 2 is 1.71 bits per heavy atom. The highest BCUT2D eigenvalue weighted by Gasteiger charge is 2.28. The van der Waals surface area contributed by atoms with E-state index >= 15 is 0 Å². The molecule has 5 nitrogen and oxygen atoms in total. The number of rotatable bonds is 5. The molecule has 3 aromatic rings. The number of carbonyl (C=O) groups excluding carboxylic acids is 1. The standard InChI is InChI=1S/C26H26N2O3/c29-24-12-10-20(28-13-5-2-6-14-28)16-22(24)26(30)27-23-15-19(18-7-3-1-4-8-18)9-11-21(23)25-17-31-25/h1,3-4,7-12,15-16,25,29H,2,5-6,13-14,17H2,(H,27,30). The van der Waals surface area contributed by atoms with Crippen molar-refractivity contribution in [1.29, 1.82) is 0 Å². The van der Waals surface area contributed by atoms with E-state index < -0.39 is 0 Å². The first kappa shape index (κ1) is 19.6. The highest BCUT2D eigenvalue weighted by molar-refractivity contribution is 6.07. The van der Waals surface area contributed by atoms with Gasteiger partial charge in [0.1, 0.15) is 11.9 Å². The lowest BCUT2D eigenvalue weighted by Gasteiger charge is -2.29. The Bertz CT molecular complexity index is 1090. The molecule has 2 saturated heterocycles. The van der Waals surface area contributed by atoms with E-state index in [2.05, 4.69) is 16.3 Å². The molecule has 2 fully saturated rings. The number of piperidine rings is 1. The number of carbonyl (C=O) groups is 1. The minimum atomic E-state index is -0.316. The fourth-order valence-electron chi connectivity index (χ4n) is 4.23. The number of hydrogen-bond acceptors (Lipinski definition) is 4. The van der Waals surface area contributed by atoms with Crippen LogP contribution >= 0.6 is 0 Å². The molecule has 2 aliphatic rings. The van der Waals surface area contributed by atoms with Crippen LogP contribution in [0.25, 0.3) is 11.1 Å². The van der Waals surface area contributed by atoms with Crippen LogP contribution in [0.1, 0.15) is 41.3 Å². The molecule has 1 unspecified atom stereocenters. The second kappa shape index (κ2) is 8.44. The summed E-state index contributed by atoms with van der Waals surface area (Å²) in [5.74, 6) is -0.329. The van der Waals surface area contributed by atoms with E-state index in [1.54, 1.807) is 12.1 Å². The van der Waals surface area contributed by atoms with E-state index in [1.807, 2.05) is 48.5 Å². The smallest absolute Gasteiger partial charge is 0.259 e. The molecular weight excluding hydrogens is 388 g/mol. The molecule has 2 N–H and O–H groups in total. The zero-order valence-corrected chi connectivity index (χ0v) is 17.4. The number of benzene rings is 3. The minimum Gasteiger partial charge on any atom is -0.507 e. The van der Waals surface area contributed by atoms with Crippen molar-refractivity contribution in [2.75, 3.05) is 29.9 Å². The second-order valence-electron chi connectivity index (χ2n) is 8.19. The number of nitrogens with zero attached hydrogens (tertiary/aromatic N) is 1. The van der Waals surface area contributed by atoms with Crippen LogP contribution in [0.3, 0.4) is 0 Å². The Labute approximate surface area is 182 Å². The molecular formula is C26H26N2O3. The van der Waals surface area contributed by atoms with Gasteiger partial charge in [-0.2, -0.15) is 0 Å². The third-order valence-electron chi connectivity index (χ3n) is 6.03. The van der Waals surface area contributed by atoms with Gasteiger partial charge in [-0.05, 0) is 54.7 Å². The van der Waals surface area contributed by atoms with Crippen molar-refractivity contribution in [3.63, 3.8) is 0 Å². The largest absolute Gasteiger partial charge is 0.507 e. The van der Waals surface area contributed by atoms with E-state index in [0.717, 1.165) is 54.0 Å². The molecule has 2 heterocycles. The number of phenolic OH excluding ortho intramolecular Hbond substituents is 1. The molecule has 5 rings (SSSR count). The molecule has 5 heteroatoms. The third kappa shape index (κ3) is 4.28. The average Bonchev–Trinajstić information content (AvgIpc) is 3.66. The molecule has 0 radical (unpaired) electrons. The SMILES string of the molecule is O=C(Nc1cc(-c2ccccc2)ccc1C1CO1)c1cc(N2CCCCC2)ccc1O. The maximum atomic E-state index is 13.2. The van der Waals surface area contributed by atoms with E-state index in [1.165, 1.54) is 6.42 Å². The minimum absolute atomic E-state index is 0.00778. The Kier molecular flexibility index (Phi) is 5.35. The summed E-state index contributed by atoms with van der Waals surface area (Å²) in [5.41, 5.74) is 5.04. The van der Waals surface area contributed by atoms with Crippen molar-refractivity contribution >= 4 is 17.3 Å². The quantitative estimate of drug-likeness (QED) is 0.551. The van der Waals surface area contributed by atoms with Crippen molar-refractivity contribution in [2.24, 2.45) is 0 Å². The molecule has 158 valence electrons. The summed E-state index contributed by atoms with van der Waals surface area (Å²) in [5, 5.41) is 13.4. The van der Waals surface area contributed by atoms with Crippen LogP contribution in [-0.4, -0.2) is 30.7 Å². The van der Waals surface area contributed by atoms with Crippen LogP contribution in [0.2, 0.25) is 0 Å². The average molecular weight is 415 g/mol. The number of amides is 1. The van der Waals surface area contributed by atoms with Crippen molar-refractivity contribution in [2.45, 2.75) is 25.4 Å². The van der Waals surface area contributed by atoms with Gasteiger partial charge in [0.2, 0.25) is 0 Å². The molecule has 1 atom stereocenters. The van der Waals surface area contributed by atoms with Gasteiger partial charge in [0, 0.05) is 30.0 Å². The molecule has 0 aromatic heterocycles. The zero-order valence-electron chi connectivity index (χ0n) is 17.4. The third-order valence-corrected chi connectivity index (χ3v) is 6.03. The Balaban J connectivity index is 1.44. The number of ether oxygens (including phenoxy) is 1. The van der Waals surface area contributed by atoms with Crippen LogP contribution < -0.4 is 10.2 Å². The van der Waals surface area contributed by atoms with Crippen LogP contribution in [0.15, 0.2) is 66.7 Å². The Morgan fingerprint density at radius 1 is 0.935 bits per heavy atom. The molecule has 0 bridgehead atoms. The lowest BCUT2D eigenvalue weighted by molar-refractivity contribution is 0.102. The number of nitrogens with one attached hydrogen (secondary N) is 1. The fraction of sp³-hybridized carbons (Fsp3) is 0.269. The van der Waals surface area contributed by atoms with E-state index in [9.17, 15) is 9.90 Å². The fourth-order valence-corrected chi connectivity index (χ4v) is 4.23. The van der Waals surface area contributed by atoms with E-state index in [4.69, 9.17) is 4.74 Å². The monoisotopic (exact) mass is 414 g/mol. The van der Waals surface area contributed by atoms with Crippen LogP contribution in [0, 0.1) is 0 Å². The van der Waals surface area contributed by atoms with Crippen molar-refractivity contribution < 1.29 is 14.6 Å². The van der Waals surface area contributed by atoms with Gasteiger partial charge in [-0.3, -0.25) is 4.79 Å². The first-order valence-corrected chi connectivity index (χ1v) is 10.9. The van der Waals surface area contributed by atoms with Crippen molar-refractivity contribution in [1.82, 2.24) is 0 Å². The lowest BCUT2D eigenvalue weighted by atomic mass is 10.0. The summed E-state index contributed by atoms with van der Waals surface area (Å²) in [7, 11) is 0. The van der Waals surface area contributed by atoms with Gasteiger partial charge < -0.3 is 20.1 Å².